The number of benzene rings is 1. The molecule has 136 valence electrons. The maximum Gasteiger partial charge on any atom is 0.244 e. The highest BCUT2D eigenvalue weighted by molar-refractivity contribution is 8.01. The van der Waals surface area contributed by atoms with Crippen LogP contribution in [-0.2, 0) is 9.59 Å². The molecule has 2 fully saturated rings. The van der Waals surface area contributed by atoms with E-state index in [0.29, 0.717) is 12.2 Å². The van der Waals surface area contributed by atoms with Crippen LogP contribution >= 0.6 is 23.1 Å². The Kier molecular flexibility index (Phi) is 4.52. The Balaban J connectivity index is 1.59. The molecule has 1 aromatic heterocycles. The number of halogens is 1. The van der Waals surface area contributed by atoms with Gasteiger partial charge in [-0.3, -0.25) is 9.59 Å². The number of carbonyl (C=O) groups excluding carboxylic acids is 2. The zero-order chi connectivity index (χ0) is 18.3. The number of thiophene rings is 1. The molecule has 0 aliphatic carbocycles. The topological polar surface area (TPSA) is 49.4 Å². The highest BCUT2D eigenvalue weighted by Gasteiger charge is 2.53. The fourth-order valence-corrected chi connectivity index (χ4v) is 5.92. The number of thioether (sulfide) groups is 1. The van der Waals surface area contributed by atoms with Crippen molar-refractivity contribution in [3.05, 3.63) is 58.0 Å². The minimum Gasteiger partial charge on any atom is -0.343 e. The van der Waals surface area contributed by atoms with E-state index in [9.17, 15) is 14.0 Å². The normalized spacial score (nSPS) is 26.0. The summed E-state index contributed by atoms with van der Waals surface area (Å²) < 4.78 is 13.3. The van der Waals surface area contributed by atoms with Crippen molar-refractivity contribution in [2.24, 2.45) is 0 Å². The molecule has 3 atom stereocenters. The Bertz CT molecular complexity index is 825. The molecule has 0 saturated carbocycles. The van der Waals surface area contributed by atoms with Crippen molar-refractivity contribution in [2.45, 2.75) is 36.7 Å². The van der Waals surface area contributed by atoms with Crippen molar-refractivity contribution in [1.29, 1.82) is 0 Å². The number of fused-ring (bicyclic) bond motifs is 1. The van der Waals surface area contributed by atoms with Gasteiger partial charge < -0.3 is 10.2 Å². The van der Waals surface area contributed by atoms with Gasteiger partial charge in [0.05, 0.1) is 10.9 Å². The van der Waals surface area contributed by atoms with Crippen LogP contribution in [0.4, 0.5) is 4.39 Å². The molecular formula is C19H19FN2O2S2. The summed E-state index contributed by atoms with van der Waals surface area (Å²) in [5, 5.41) is 5.04. The van der Waals surface area contributed by atoms with Crippen molar-refractivity contribution in [3.8, 4) is 0 Å². The molecule has 2 aliphatic heterocycles. The van der Waals surface area contributed by atoms with E-state index in [1.54, 1.807) is 28.8 Å². The third-order valence-corrected chi connectivity index (χ3v) is 7.51. The summed E-state index contributed by atoms with van der Waals surface area (Å²) in [7, 11) is 0. The summed E-state index contributed by atoms with van der Waals surface area (Å²) in [6.45, 7) is 2.03. The van der Waals surface area contributed by atoms with E-state index < -0.39 is 6.04 Å². The second kappa shape index (κ2) is 6.70. The van der Waals surface area contributed by atoms with E-state index in [-0.39, 0.29) is 28.5 Å². The van der Waals surface area contributed by atoms with Crippen LogP contribution in [0.15, 0.2) is 41.8 Å². The summed E-state index contributed by atoms with van der Waals surface area (Å²) >= 11 is 3.21. The van der Waals surface area contributed by atoms with Crippen molar-refractivity contribution >= 4 is 34.9 Å². The lowest BCUT2D eigenvalue weighted by atomic mass is 10.0. The first-order chi connectivity index (χ1) is 12.5. The Labute approximate surface area is 159 Å². The van der Waals surface area contributed by atoms with Crippen LogP contribution in [0.1, 0.15) is 36.2 Å². The number of hydrogen-bond donors (Lipinski definition) is 1. The monoisotopic (exact) mass is 390 g/mol. The van der Waals surface area contributed by atoms with Gasteiger partial charge in [-0.1, -0.05) is 18.2 Å². The van der Waals surface area contributed by atoms with Crippen LogP contribution in [0.2, 0.25) is 0 Å². The molecule has 0 unspecified atom stereocenters. The van der Waals surface area contributed by atoms with Gasteiger partial charge in [0.1, 0.15) is 11.9 Å². The van der Waals surface area contributed by atoms with Crippen molar-refractivity contribution in [2.75, 3.05) is 5.75 Å². The van der Waals surface area contributed by atoms with Crippen LogP contribution in [0.3, 0.4) is 0 Å². The molecule has 4 nitrogen and oxygen atoms in total. The maximum atomic E-state index is 13.3. The largest absolute Gasteiger partial charge is 0.343 e. The predicted octanol–water partition coefficient (Wildman–Crippen LogP) is 3.55. The van der Waals surface area contributed by atoms with Crippen molar-refractivity contribution < 1.29 is 14.0 Å². The number of nitrogens with zero attached hydrogens (tertiary/aromatic N) is 1. The van der Waals surface area contributed by atoms with Gasteiger partial charge in [0, 0.05) is 17.1 Å². The van der Waals surface area contributed by atoms with Crippen LogP contribution < -0.4 is 5.32 Å². The molecule has 0 radical (unpaired) electrons. The zero-order valence-corrected chi connectivity index (χ0v) is 15.9. The average Bonchev–Trinajstić information content (AvgIpc) is 3.32. The van der Waals surface area contributed by atoms with E-state index in [1.165, 1.54) is 23.5 Å². The number of rotatable bonds is 4. The molecular weight excluding hydrogens is 371 g/mol. The van der Waals surface area contributed by atoms with Gasteiger partial charge in [-0.05, 0) is 42.5 Å². The lowest BCUT2D eigenvalue weighted by Crippen LogP contribution is -2.50. The third kappa shape index (κ3) is 3.03. The minimum atomic E-state index is -0.456. The molecule has 3 heterocycles. The summed E-state index contributed by atoms with van der Waals surface area (Å²) in [5.74, 6) is 0.191. The van der Waals surface area contributed by atoms with Crippen LogP contribution in [0.25, 0.3) is 0 Å². The highest BCUT2D eigenvalue weighted by atomic mass is 32.2. The number of nitrogens with one attached hydrogen (secondary N) is 1. The Morgan fingerprint density at radius 3 is 2.81 bits per heavy atom. The average molecular weight is 391 g/mol. The maximum absolute atomic E-state index is 13.3. The molecule has 2 saturated heterocycles. The number of carbonyl (C=O) groups is 2. The molecule has 26 heavy (non-hydrogen) atoms. The van der Waals surface area contributed by atoms with Crippen LogP contribution in [0, 0.1) is 5.82 Å². The number of amides is 2. The highest BCUT2D eigenvalue weighted by Crippen LogP contribution is 2.47. The van der Waals surface area contributed by atoms with Crippen molar-refractivity contribution in [3.63, 3.8) is 0 Å². The predicted molar refractivity (Wildman–Crippen MR) is 101 cm³/mol. The molecule has 7 heteroatoms. The first-order valence-electron chi connectivity index (χ1n) is 8.53. The number of hydrogen-bond acceptors (Lipinski definition) is 4. The van der Waals surface area contributed by atoms with E-state index in [0.717, 1.165) is 16.9 Å². The first-order valence-corrected chi connectivity index (χ1v) is 10.4. The molecule has 2 aliphatic rings. The lowest BCUT2D eigenvalue weighted by molar-refractivity contribution is -0.138. The minimum absolute atomic E-state index is 0.0482. The molecule has 0 bridgehead atoms. The van der Waals surface area contributed by atoms with Gasteiger partial charge in [-0.15, -0.1) is 23.1 Å². The summed E-state index contributed by atoms with van der Waals surface area (Å²) in [4.78, 5) is 27.8. The van der Waals surface area contributed by atoms with Gasteiger partial charge in [0.25, 0.3) is 0 Å². The Hall–Kier alpha value is -1.86. The zero-order valence-electron chi connectivity index (χ0n) is 14.3. The van der Waals surface area contributed by atoms with Gasteiger partial charge in [0.2, 0.25) is 11.8 Å². The van der Waals surface area contributed by atoms with E-state index in [2.05, 4.69) is 5.32 Å². The molecule has 1 aromatic carbocycles. The van der Waals surface area contributed by atoms with E-state index >= 15 is 0 Å². The standard InChI is InChI=1S/C19H19FN2O2S2/c1-19-9-8-16(23)22(19)14(11-26-19)18(24)21-17(15-3-2-10-25-15)12-4-6-13(20)7-5-12/h2-7,10,14,17H,8-9,11H2,1H3,(H,21,24)/t14-,17-,19+/m1/s1. The van der Waals surface area contributed by atoms with Gasteiger partial charge in [-0.2, -0.15) is 0 Å². The van der Waals surface area contributed by atoms with Crippen LogP contribution in [0.5, 0.6) is 0 Å². The second-order valence-electron chi connectivity index (χ2n) is 6.77. The molecule has 0 spiro atoms. The molecule has 2 aromatic rings. The second-order valence-corrected chi connectivity index (χ2v) is 9.25. The first kappa shape index (κ1) is 17.5. The Morgan fingerprint density at radius 1 is 1.35 bits per heavy atom. The van der Waals surface area contributed by atoms with E-state index in [1.807, 2.05) is 24.4 Å². The fourth-order valence-electron chi connectivity index (χ4n) is 3.68. The molecule has 4 rings (SSSR count). The van der Waals surface area contributed by atoms with Gasteiger partial charge in [-0.25, -0.2) is 4.39 Å². The van der Waals surface area contributed by atoms with Gasteiger partial charge in [0.15, 0.2) is 0 Å². The molecule has 2 amide bonds. The smallest absolute Gasteiger partial charge is 0.244 e. The fraction of sp³-hybridized carbons (Fsp3) is 0.368. The summed E-state index contributed by atoms with van der Waals surface area (Å²) in [6, 6.07) is 9.25. The Morgan fingerprint density at radius 2 is 2.12 bits per heavy atom. The van der Waals surface area contributed by atoms with Crippen molar-refractivity contribution in [1.82, 2.24) is 10.2 Å². The third-order valence-electron chi connectivity index (χ3n) is 5.07. The SMILES string of the molecule is C[C@]12CCC(=O)N1[C@@H](C(=O)N[C@H](c1ccc(F)cc1)c1cccs1)CS2. The van der Waals surface area contributed by atoms with Crippen LogP contribution in [-0.4, -0.2) is 33.4 Å². The quantitative estimate of drug-likeness (QED) is 0.869. The summed E-state index contributed by atoms with van der Waals surface area (Å²) in [6.07, 6.45) is 1.28. The van der Waals surface area contributed by atoms with Gasteiger partial charge >= 0.3 is 0 Å². The van der Waals surface area contributed by atoms with E-state index in [4.69, 9.17) is 0 Å². The molecule has 1 N–H and O–H groups in total. The summed E-state index contributed by atoms with van der Waals surface area (Å²) in [5.41, 5.74) is 0.823. The lowest BCUT2D eigenvalue weighted by Gasteiger charge is -2.30.